The first-order chi connectivity index (χ1) is 6.88. The lowest BCUT2D eigenvalue weighted by molar-refractivity contribution is -0.137. The molecule has 0 atom stereocenters. The normalized spacial score (nSPS) is 11.3. The molecule has 0 saturated heterocycles. The second-order valence-corrected chi connectivity index (χ2v) is 2.92. The van der Waals surface area contributed by atoms with Crippen molar-refractivity contribution >= 4 is 17.6 Å². The molecular formula is C8H5ClF3NO2. The first-order valence-corrected chi connectivity index (χ1v) is 4.04. The van der Waals surface area contributed by atoms with Crippen LogP contribution in [0.25, 0.3) is 0 Å². The Balaban J connectivity index is 3.30. The molecule has 0 spiro atoms. The fourth-order valence-corrected chi connectivity index (χ4v) is 1.18. The van der Waals surface area contributed by atoms with Crippen LogP contribution in [-0.4, -0.2) is 18.1 Å². The van der Waals surface area contributed by atoms with Crippen LogP contribution in [0.5, 0.6) is 0 Å². The predicted molar refractivity (Wildman–Crippen MR) is 45.6 cm³/mol. The molecule has 1 heterocycles. The minimum absolute atomic E-state index is 0.408. The van der Waals surface area contributed by atoms with Crippen molar-refractivity contribution in [3.05, 3.63) is 28.5 Å². The number of esters is 1. The van der Waals surface area contributed by atoms with E-state index < -0.39 is 28.3 Å². The molecule has 15 heavy (non-hydrogen) atoms. The largest absolute Gasteiger partial charge is 0.465 e. The highest BCUT2D eigenvalue weighted by atomic mass is 35.5. The summed E-state index contributed by atoms with van der Waals surface area (Å²) in [7, 11) is 1.04. The maximum atomic E-state index is 12.3. The summed E-state index contributed by atoms with van der Waals surface area (Å²) in [5, 5.41) is -0.704. The van der Waals surface area contributed by atoms with Crippen LogP contribution in [0.15, 0.2) is 12.4 Å². The molecule has 0 bridgehead atoms. The summed E-state index contributed by atoms with van der Waals surface area (Å²) < 4.78 is 41.2. The number of ether oxygens (including phenoxy) is 1. The topological polar surface area (TPSA) is 39.2 Å². The summed E-state index contributed by atoms with van der Waals surface area (Å²) in [4.78, 5) is 14.3. The van der Waals surface area contributed by atoms with E-state index in [1.807, 2.05) is 0 Å². The number of aromatic nitrogens is 1. The number of carbonyl (C=O) groups is 1. The number of methoxy groups -OCH3 is 1. The number of hydrogen-bond donors (Lipinski definition) is 0. The van der Waals surface area contributed by atoms with E-state index in [-0.39, 0.29) is 0 Å². The zero-order valence-corrected chi connectivity index (χ0v) is 8.19. The Morgan fingerprint density at radius 2 is 2.07 bits per heavy atom. The Hall–Kier alpha value is -1.30. The molecule has 0 N–H and O–H groups in total. The standard InChI is InChI=1S/C8H5ClF3NO2/c1-15-7(14)4-2-13-3-5(6(4)9)8(10,11)12/h2-3H,1H3. The van der Waals surface area contributed by atoms with Gasteiger partial charge in [0.1, 0.15) is 0 Å². The van der Waals surface area contributed by atoms with Crippen LogP contribution in [0.3, 0.4) is 0 Å². The maximum Gasteiger partial charge on any atom is 0.419 e. The van der Waals surface area contributed by atoms with Crippen molar-refractivity contribution < 1.29 is 22.7 Å². The number of pyridine rings is 1. The van der Waals surface area contributed by atoms with Crippen molar-refractivity contribution in [1.82, 2.24) is 4.98 Å². The Morgan fingerprint density at radius 3 is 2.53 bits per heavy atom. The molecule has 0 radical (unpaired) electrons. The van der Waals surface area contributed by atoms with Gasteiger partial charge in [0.2, 0.25) is 0 Å². The average Bonchev–Trinajstić information content (AvgIpc) is 2.15. The minimum Gasteiger partial charge on any atom is -0.465 e. The van der Waals surface area contributed by atoms with Gasteiger partial charge in [-0.05, 0) is 0 Å². The highest BCUT2D eigenvalue weighted by molar-refractivity contribution is 6.34. The van der Waals surface area contributed by atoms with Crippen molar-refractivity contribution in [2.45, 2.75) is 6.18 Å². The highest BCUT2D eigenvalue weighted by Crippen LogP contribution is 2.35. The third kappa shape index (κ3) is 2.38. The highest BCUT2D eigenvalue weighted by Gasteiger charge is 2.35. The molecule has 1 aromatic heterocycles. The summed E-state index contributed by atoms with van der Waals surface area (Å²) in [5.41, 5.74) is -1.57. The zero-order chi connectivity index (χ0) is 11.6. The molecule has 0 unspecified atom stereocenters. The van der Waals surface area contributed by atoms with E-state index in [0.29, 0.717) is 6.20 Å². The van der Waals surface area contributed by atoms with E-state index in [1.54, 1.807) is 0 Å². The van der Waals surface area contributed by atoms with Crippen molar-refractivity contribution in [3.63, 3.8) is 0 Å². The van der Waals surface area contributed by atoms with E-state index >= 15 is 0 Å². The van der Waals surface area contributed by atoms with E-state index in [2.05, 4.69) is 9.72 Å². The number of nitrogens with zero attached hydrogens (tertiary/aromatic N) is 1. The van der Waals surface area contributed by atoms with Gasteiger partial charge in [0.25, 0.3) is 0 Å². The number of rotatable bonds is 1. The molecule has 1 aromatic rings. The summed E-state index contributed by atoms with van der Waals surface area (Å²) in [6, 6.07) is 0. The lowest BCUT2D eigenvalue weighted by atomic mass is 10.2. The smallest absolute Gasteiger partial charge is 0.419 e. The van der Waals surface area contributed by atoms with Gasteiger partial charge in [-0.1, -0.05) is 11.6 Å². The van der Waals surface area contributed by atoms with Crippen LogP contribution >= 0.6 is 11.6 Å². The van der Waals surface area contributed by atoms with E-state index in [9.17, 15) is 18.0 Å². The van der Waals surface area contributed by atoms with Gasteiger partial charge in [-0.3, -0.25) is 4.98 Å². The van der Waals surface area contributed by atoms with Crippen molar-refractivity contribution in [2.75, 3.05) is 7.11 Å². The van der Waals surface area contributed by atoms with Gasteiger partial charge in [-0.15, -0.1) is 0 Å². The summed E-state index contributed by atoms with van der Waals surface area (Å²) in [6.07, 6.45) is -3.17. The lowest BCUT2D eigenvalue weighted by Crippen LogP contribution is -2.11. The zero-order valence-electron chi connectivity index (χ0n) is 7.43. The molecule has 0 aliphatic rings. The van der Waals surface area contributed by atoms with Gasteiger partial charge in [0.05, 0.1) is 23.3 Å². The minimum atomic E-state index is -4.64. The SMILES string of the molecule is COC(=O)c1cncc(C(F)(F)F)c1Cl. The number of alkyl halides is 3. The van der Waals surface area contributed by atoms with Crippen LogP contribution in [-0.2, 0) is 10.9 Å². The summed E-state index contributed by atoms with van der Waals surface area (Å²) in [6.45, 7) is 0. The Bertz CT molecular complexity index is 392. The van der Waals surface area contributed by atoms with Gasteiger partial charge >= 0.3 is 12.1 Å². The van der Waals surface area contributed by atoms with Crippen molar-refractivity contribution in [2.24, 2.45) is 0 Å². The van der Waals surface area contributed by atoms with E-state index in [1.165, 1.54) is 0 Å². The molecule has 0 saturated carbocycles. The van der Waals surface area contributed by atoms with Gasteiger partial charge in [-0.2, -0.15) is 13.2 Å². The molecule has 0 fully saturated rings. The molecule has 7 heteroatoms. The van der Waals surface area contributed by atoms with Crippen LogP contribution in [0.1, 0.15) is 15.9 Å². The van der Waals surface area contributed by atoms with Crippen LogP contribution < -0.4 is 0 Å². The average molecular weight is 240 g/mol. The summed E-state index contributed by atoms with van der Waals surface area (Å²) in [5.74, 6) is -0.960. The second-order valence-electron chi connectivity index (χ2n) is 2.54. The quantitative estimate of drug-likeness (QED) is 0.707. The number of halogens is 4. The Kier molecular flexibility index (Phi) is 3.18. The number of carbonyl (C=O) groups excluding carboxylic acids is 1. The molecule has 1 rings (SSSR count). The molecule has 3 nitrogen and oxygen atoms in total. The fourth-order valence-electron chi connectivity index (χ4n) is 0.895. The summed E-state index contributed by atoms with van der Waals surface area (Å²) >= 11 is 5.41. The van der Waals surface area contributed by atoms with Gasteiger partial charge in [-0.25, -0.2) is 4.79 Å². The van der Waals surface area contributed by atoms with Gasteiger partial charge in [0, 0.05) is 12.4 Å². The van der Waals surface area contributed by atoms with Gasteiger partial charge in [0.15, 0.2) is 0 Å². The van der Waals surface area contributed by atoms with Gasteiger partial charge < -0.3 is 4.74 Å². The van der Waals surface area contributed by atoms with E-state index in [4.69, 9.17) is 11.6 Å². The Morgan fingerprint density at radius 1 is 1.47 bits per heavy atom. The third-order valence-corrected chi connectivity index (χ3v) is 2.00. The molecular weight excluding hydrogens is 235 g/mol. The third-order valence-electron chi connectivity index (χ3n) is 1.59. The van der Waals surface area contributed by atoms with E-state index in [0.717, 1.165) is 13.3 Å². The molecule has 82 valence electrons. The molecule has 0 amide bonds. The Labute approximate surface area is 87.8 Å². The molecule has 0 aromatic carbocycles. The predicted octanol–water partition coefficient (Wildman–Crippen LogP) is 2.54. The van der Waals surface area contributed by atoms with Crippen LogP contribution in [0.2, 0.25) is 5.02 Å². The van der Waals surface area contributed by atoms with Crippen molar-refractivity contribution in [1.29, 1.82) is 0 Å². The maximum absolute atomic E-state index is 12.3. The first kappa shape index (κ1) is 11.8. The monoisotopic (exact) mass is 239 g/mol. The molecule has 0 aliphatic carbocycles. The number of hydrogen-bond acceptors (Lipinski definition) is 3. The van der Waals surface area contributed by atoms with Crippen LogP contribution in [0, 0.1) is 0 Å². The first-order valence-electron chi connectivity index (χ1n) is 3.67. The van der Waals surface area contributed by atoms with Crippen molar-refractivity contribution in [3.8, 4) is 0 Å². The fraction of sp³-hybridized carbons (Fsp3) is 0.250. The lowest BCUT2D eigenvalue weighted by Gasteiger charge is -2.09. The van der Waals surface area contributed by atoms with Crippen LogP contribution in [0.4, 0.5) is 13.2 Å². The molecule has 0 aliphatic heterocycles. The second kappa shape index (κ2) is 4.06.